The topological polar surface area (TPSA) is 242 Å². The van der Waals surface area contributed by atoms with E-state index in [4.69, 9.17) is 99.8 Å². The molecule has 23 heteroatoms. The Morgan fingerprint density at radius 1 is 0.310 bits per heavy atom. The van der Waals surface area contributed by atoms with E-state index in [-0.39, 0.29) is 42.7 Å². The third-order valence-electron chi connectivity index (χ3n) is 9.87. The molecule has 0 saturated carbocycles. The monoisotopic (exact) mass is 1050 g/mol. The summed E-state index contributed by atoms with van der Waals surface area (Å²) in [5.41, 5.74) is -2.00. The van der Waals surface area contributed by atoms with E-state index in [1.54, 1.807) is 128 Å². The fourth-order valence-corrected chi connectivity index (χ4v) is 7.16. The van der Waals surface area contributed by atoms with E-state index in [2.05, 4.69) is 0 Å². The van der Waals surface area contributed by atoms with Gasteiger partial charge in [-0.25, -0.2) is 0 Å². The lowest BCUT2D eigenvalue weighted by Gasteiger charge is -2.34. The largest absolute Gasteiger partial charge is 0.465 e. The summed E-state index contributed by atoms with van der Waals surface area (Å²) < 4.78 is 102. The van der Waals surface area contributed by atoms with Crippen molar-refractivity contribution in [1.82, 2.24) is 0 Å². The molecule has 0 aromatic heterocycles. The molecule has 0 saturated heterocycles. The Morgan fingerprint density at radius 3 is 0.704 bits per heavy atom. The molecule has 0 amide bonds. The molecule has 71 heavy (non-hydrogen) atoms. The summed E-state index contributed by atoms with van der Waals surface area (Å²) in [5, 5.41) is 18.8. The predicted molar refractivity (Wildman–Crippen MR) is 266 cm³/mol. The average molecular weight is 1050 g/mol. The van der Waals surface area contributed by atoms with E-state index in [0.717, 1.165) is 0 Å². The summed E-state index contributed by atoms with van der Waals surface area (Å²) in [6.07, 6.45) is 0.0694. The van der Waals surface area contributed by atoms with Gasteiger partial charge in [0.25, 0.3) is 0 Å². The van der Waals surface area contributed by atoms with Gasteiger partial charge in [-0.05, 0) is 0 Å². The number of esters is 1. The van der Waals surface area contributed by atoms with Gasteiger partial charge in [-0.15, -0.1) is 0 Å². The number of rotatable bonds is 43. The molecule has 0 bridgehead atoms. The van der Waals surface area contributed by atoms with E-state index in [1.165, 1.54) is 6.92 Å². The zero-order chi connectivity index (χ0) is 55.4. The van der Waals surface area contributed by atoms with Gasteiger partial charge in [0.2, 0.25) is 0 Å². The van der Waals surface area contributed by atoms with Crippen molar-refractivity contribution in [2.24, 2.45) is 27.1 Å². The molecule has 0 unspecified atom stereocenters. The smallest absolute Gasteiger partial charge is 0.302 e. The summed E-state index contributed by atoms with van der Waals surface area (Å²) in [5.74, 6) is -0.317. The maximum absolute atomic E-state index is 10.8. The normalized spacial score (nSPS) is 12.0. The van der Waals surface area contributed by atoms with Gasteiger partial charge in [-0.1, -0.05) is 0 Å². The number of ether oxygens (including phenoxy) is 20. The Kier molecular flexibility index (Phi) is 59.1. The van der Waals surface area contributed by atoms with Crippen LogP contribution in [0.25, 0.3) is 0 Å². The first-order chi connectivity index (χ1) is 34.0. The van der Waals surface area contributed by atoms with Crippen molar-refractivity contribution in [3.63, 3.8) is 0 Å². The molecule has 0 spiro atoms. The maximum Gasteiger partial charge on any atom is 0.302 e. The van der Waals surface area contributed by atoms with Gasteiger partial charge in [0.1, 0.15) is 12.7 Å². The van der Waals surface area contributed by atoms with Gasteiger partial charge in [0.15, 0.2) is 0 Å². The lowest BCUT2D eigenvalue weighted by molar-refractivity contribution is -0.150. The summed E-state index contributed by atoms with van der Waals surface area (Å²) in [4.78, 5) is 10.8. The molecule has 23 nitrogen and oxygen atoms in total. The standard InChI is InChI=1S/C15H32O7.C10H20O5.C9H20O4.C8H18O4.C6H14O3/c1-17-7-14(6-16,8-18-2)12-22-13-15(9-19-3,10-20-4)11-21-5;1-9(11)15-8-10(5-12-2,6-13-3)7-14-4;1-10-5-9(6-11-2,7-12-3)8-13-4;1-10-5-8(4-9,6-11-2)7-12-3;1-7-4-6(9-3)5-8-2/h16H,6-13H2,1-5H3;5-8H2,1-4H3;5-8H2,1-4H3;9H,4-7H2,1-3H3;6H,4-5H2,1-3H3. The zero-order valence-corrected chi connectivity index (χ0v) is 47.6. The second-order valence-electron chi connectivity index (χ2n) is 17.4. The molecule has 2 N–H and O–H groups in total. The first-order valence-electron chi connectivity index (χ1n) is 22.8. The highest BCUT2D eigenvalue weighted by molar-refractivity contribution is 5.65. The van der Waals surface area contributed by atoms with Gasteiger partial charge in [-0.2, -0.15) is 0 Å². The number of hydrogen-bond donors (Lipinski definition) is 2. The first kappa shape index (κ1) is 78.5. The number of hydrogen-bond acceptors (Lipinski definition) is 23. The number of carbonyl (C=O) groups is 1. The third-order valence-corrected chi connectivity index (χ3v) is 9.87. The molecule has 0 aliphatic carbocycles. The molecule has 0 aromatic carbocycles. The molecule has 434 valence electrons. The molecule has 0 atom stereocenters. The van der Waals surface area contributed by atoms with Crippen molar-refractivity contribution in [3.05, 3.63) is 0 Å². The second-order valence-corrected chi connectivity index (χ2v) is 17.4. The molecule has 0 aliphatic rings. The van der Waals surface area contributed by atoms with Crippen LogP contribution in [0.3, 0.4) is 0 Å². The minimum atomic E-state index is -0.581. The third kappa shape index (κ3) is 40.6. The quantitative estimate of drug-likeness (QED) is 0.0821. The summed E-state index contributed by atoms with van der Waals surface area (Å²) in [7, 11) is 29.2. The Balaban J connectivity index is -0.000000264. The molecule has 0 radical (unpaired) electrons. The molecule has 0 aromatic rings. The van der Waals surface area contributed by atoms with Gasteiger partial charge < -0.3 is 105 Å². The molecule has 0 fully saturated rings. The number of methoxy groups -OCH3 is 18. The Labute approximate surface area is 428 Å². The maximum atomic E-state index is 10.8. The fraction of sp³-hybridized carbons (Fsp3) is 0.979. The molecule has 0 rings (SSSR count). The highest BCUT2D eigenvalue weighted by Gasteiger charge is 2.36. The molecular formula is C48H104O23. The lowest BCUT2D eigenvalue weighted by atomic mass is 9.90. The van der Waals surface area contributed by atoms with Crippen molar-refractivity contribution < 1.29 is 110 Å². The Morgan fingerprint density at radius 2 is 0.507 bits per heavy atom. The lowest BCUT2D eigenvalue weighted by Crippen LogP contribution is -2.44. The zero-order valence-electron chi connectivity index (χ0n) is 47.6. The number of aliphatic hydroxyl groups is 2. The molecule has 0 aliphatic heterocycles. The van der Waals surface area contributed by atoms with Crippen LogP contribution < -0.4 is 0 Å². The van der Waals surface area contributed by atoms with Crippen molar-refractivity contribution in [2.45, 2.75) is 13.0 Å². The SMILES string of the molecule is COCC(CO)(COC)COC.COCC(CO)(COC)COCC(COC)(COC)COC.COCC(COC)(COC)COC.COCC(COC)(COC)COC(C)=O.COCC(COC)OC. The molecule has 0 heterocycles. The van der Waals surface area contributed by atoms with E-state index in [9.17, 15) is 9.90 Å². The van der Waals surface area contributed by atoms with Crippen molar-refractivity contribution >= 4 is 5.97 Å². The van der Waals surface area contributed by atoms with Gasteiger partial charge in [-0.3, -0.25) is 4.79 Å². The van der Waals surface area contributed by atoms with Crippen LogP contribution in [0, 0.1) is 27.1 Å². The van der Waals surface area contributed by atoms with Crippen LogP contribution in [0.4, 0.5) is 0 Å². The number of aliphatic hydroxyl groups excluding tert-OH is 2. The molecular weight excluding hydrogens is 945 g/mol. The van der Waals surface area contributed by atoms with E-state index in [0.29, 0.717) is 126 Å². The second kappa shape index (κ2) is 53.5. The van der Waals surface area contributed by atoms with Gasteiger partial charge in [0.05, 0.1) is 166 Å². The van der Waals surface area contributed by atoms with Crippen LogP contribution in [-0.2, 0) is 99.5 Å². The predicted octanol–water partition coefficient (Wildman–Crippen LogP) is 1.43. The summed E-state index contributed by atoms with van der Waals surface area (Å²) in [6, 6.07) is 0. The highest BCUT2D eigenvalue weighted by atomic mass is 16.6. The Bertz CT molecular complexity index is 985. The van der Waals surface area contributed by atoms with Crippen molar-refractivity contribution in [2.75, 3.05) is 273 Å². The number of carbonyl (C=O) groups excluding carboxylic acids is 1. The Hall–Kier alpha value is -1.37. The minimum absolute atomic E-state index is 0.00250. The van der Waals surface area contributed by atoms with Gasteiger partial charge in [0, 0.05) is 135 Å². The highest BCUT2D eigenvalue weighted by Crippen LogP contribution is 2.24. The van der Waals surface area contributed by atoms with Crippen LogP contribution in [-0.4, -0.2) is 296 Å². The summed E-state index contributed by atoms with van der Waals surface area (Å²) in [6.45, 7) is 10.3. The van der Waals surface area contributed by atoms with Crippen molar-refractivity contribution in [3.8, 4) is 0 Å². The van der Waals surface area contributed by atoms with E-state index >= 15 is 0 Å². The van der Waals surface area contributed by atoms with E-state index < -0.39 is 16.2 Å². The fourth-order valence-electron chi connectivity index (χ4n) is 7.16. The van der Waals surface area contributed by atoms with Gasteiger partial charge >= 0.3 is 5.97 Å². The minimum Gasteiger partial charge on any atom is -0.465 e. The van der Waals surface area contributed by atoms with Crippen LogP contribution in [0.5, 0.6) is 0 Å². The average Bonchev–Trinajstić information content (AvgIpc) is 3.33. The summed E-state index contributed by atoms with van der Waals surface area (Å²) >= 11 is 0. The van der Waals surface area contributed by atoms with Crippen LogP contribution >= 0.6 is 0 Å². The van der Waals surface area contributed by atoms with Crippen molar-refractivity contribution in [1.29, 1.82) is 0 Å². The van der Waals surface area contributed by atoms with Crippen LogP contribution in [0.15, 0.2) is 0 Å². The van der Waals surface area contributed by atoms with Crippen LogP contribution in [0.1, 0.15) is 6.92 Å². The van der Waals surface area contributed by atoms with E-state index in [1.807, 2.05) is 0 Å². The van der Waals surface area contributed by atoms with Crippen LogP contribution in [0.2, 0.25) is 0 Å². The first-order valence-corrected chi connectivity index (χ1v) is 22.8.